The Hall–Kier alpha value is -5.39. The van der Waals surface area contributed by atoms with Crippen LogP contribution in [0.3, 0.4) is 0 Å². The van der Waals surface area contributed by atoms with Crippen LogP contribution in [0.4, 0.5) is 22.9 Å². The molecule has 5 heterocycles. The molecule has 2 aliphatic rings. The van der Waals surface area contributed by atoms with Crippen molar-refractivity contribution in [1.82, 2.24) is 14.4 Å². The molecule has 0 unspecified atom stereocenters. The molecule has 0 spiro atoms. The molecule has 254 valence electrons. The quantitative estimate of drug-likeness (QED) is 0.0981. The maximum absolute atomic E-state index is 6.60. The summed E-state index contributed by atoms with van der Waals surface area (Å²) in [5, 5.41) is 3.25. The van der Waals surface area contributed by atoms with E-state index < -0.39 is 0 Å². The minimum atomic E-state index is -0.189. The molecule has 8 aromatic rings. The molecule has 0 aliphatic carbocycles. The third kappa shape index (κ3) is 4.55. The van der Waals surface area contributed by atoms with Gasteiger partial charge in [-0.1, -0.05) is 117 Å². The Morgan fingerprint density at radius 1 is 0.654 bits per heavy atom. The Kier molecular flexibility index (Phi) is 7.40. The summed E-state index contributed by atoms with van der Waals surface area (Å²) in [5.41, 5.74) is 8.60. The Bertz CT molecular complexity index is 2660. The zero-order valence-corrected chi connectivity index (χ0v) is 31.5. The molecule has 0 saturated heterocycles. The average Bonchev–Trinajstić information content (AvgIpc) is 3.77. The van der Waals surface area contributed by atoms with Crippen LogP contribution in [0.25, 0.3) is 27.3 Å². The number of nitrogens with zero attached hydrogens (tertiary/aromatic N) is 5. The molecule has 0 radical (unpaired) electrons. The van der Waals surface area contributed by atoms with Crippen molar-refractivity contribution >= 4 is 62.6 Å². The molecule has 52 heavy (non-hydrogen) atoms. The molecular formula is C44H34BN5OPt. The van der Waals surface area contributed by atoms with Crippen LogP contribution in [0, 0.1) is 12.1 Å². The standard InChI is InChI=1S/C44H34BN5O.Pt/c1-43(2)37-21-12-20-35-34-24-23-33(27-36(34)41-47-28-39(44(43,3)4)48(41)40(35)37)51-32-19-11-18-31(26-32)50-42-38(22-13-25-46-42)49(30-16-9-6-10-17-30)45(50)29-14-7-5-8-15-29;/h5-25,28H,1-4H3;/q-2;+2. The van der Waals surface area contributed by atoms with Gasteiger partial charge < -0.3 is 18.8 Å². The van der Waals surface area contributed by atoms with E-state index in [9.17, 15) is 0 Å². The van der Waals surface area contributed by atoms with Gasteiger partial charge in [0.15, 0.2) is 0 Å². The second kappa shape index (κ2) is 11.8. The van der Waals surface area contributed by atoms with Crippen molar-refractivity contribution in [2.45, 2.75) is 38.5 Å². The van der Waals surface area contributed by atoms with E-state index in [1.807, 2.05) is 42.7 Å². The summed E-state index contributed by atoms with van der Waals surface area (Å²) in [6.45, 7) is 9.15. The number of fused-ring (bicyclic) bond motifs is 4. The number of ether oxygens (including phenoxy) is 1. The number of imidazole rings is 1. The summed E-state index contributed by atoms with van der Waals surface area (Å²) < 4.78 is 8.95. The largest absolute Gasteiger partial charge is 2.00 e. The van der Waals surface area contributed by atoms with Crippen LogP contribution in [0.1, 0.15) is 39.0 Å². The van der Waals surface area contributed by atoms with E-state index >= 15 is 0 Å². The van der Waals surface area contributed by atoms with Crippen LogP contribution in [0.15, 0.2) is 134 Å². The maximum atomic E-state index is 6.60. The number of anilines is 4. The SMILES string of the molecule is CC1(C)c2cccc3c4ccc(Oc5[c-]c(N6B(c7ccccc7)N(c7ccccc7)c7cccnc76)ccc5)[c-]c4c4ncc(n4c23)C1(C)C.[Pt+2]. The van der Waals surface area contributed by atoms with Crippen LogP contribution in [-0.4, -0.2) is 21.4 Å². The second-order valence-corrected chi connectivity index (χ2v) is 14.6. The molecule has 0 bridgehead atoms. The van der Waals surface area contributed by atoms with Crippen molar-refractivity contribution in [3.05, 3.63) is 157 Å². The van der Waals surface area contributed by atoms with E-state index in [2.05, 4.69) is 145 Å². The van der Waals surface area contributed by atoms with E-state index in [0.717, 1.165) is 44.8 Å². The number of hydrogen-bond acceptors (Lipinski definition) is 5. The molecule has 0 saturated carbocycles. The van der Waals surface area contributed by atoms with Crippen LogP contribution in [-0.2, 0) is 31.9 Å². The molecule has 2 aliphatic heterocycles. The number of aromatic nitrogens is 3. The minimum absolute atomic E-state index is 0. The predicted octanol–water partition coefficient (Wildman–Crippen LogP) is 9.68. The van der Waals surface area contributed by atoms with E-state index in [4.69, 9.17) is 14.7 Å². The summed E-state index contributed by atoms with van der Waals surface area (Å²) in [6.07, 6.45) is 3.90. The molecule has 0 amide bonds. The van der Waals surface area contributed by atoms with E-state index in [1.54, 1.807) is 0 Å². The number of pyridine rings is 2. The van der Waals surface area contributed by atoms with Crippen LogP contribution < -0.4 is 19.8 Å². The van der Waals surface area contributed by atoms with Gasteiger partial charge in [0.1, 0.15) is 5.82 Å². The van der Waals surface area contributed by atoms with Crippen molar-refractivity contribution in [2.75, 3.05) is 9.62 Å². The van der Waals surface area contributed by atoms with Crippen molar-refractivity contribution in [3.63, 3.8) is 0 Å². The van der Waals surface area contributed by atoms with Crippen molar-refractivity contribution in [1.29, 1.82) is 0 Å². The van der Waals surface area contributed by atoms with Crippen LogP contribution in [0.5, 0.6) is 11.5 Å². The number of para-hydroxylation sites is 2. The molecule has 0 atom stereocenters. The predicted molar refractivity (Wildman–Crippen MR) is 207 cm³/mol. The van der Waals surface area contributed by atoms with E-state index in [0.29, 0.717) is 11.5 Å². The fraction of sp³-hybridized carbons (Fsp3) is 0.136. The van der Waals surface area contributed by atoms with Crippen molar-refractivity contribution < 1.29 is 25.8 Å². The van der Waals surface area contributed by atoms with E-state index in [1.165, 1.54) is 22.2 Å². The van der Waals surface area contributed by atoms with Crippen LogP contribution >= 0.6 is 0 Å². The van der Waals surface area contributed by atoms with Crippen molar-refractivity contribution in [3.8, 4) is 11.5 Å². The van der Waals surface area contributed by atoms with Gasteiger partial charge in [-0.3, -0.25) is 4.98 Å². The number of rotatable bonds is 5. The number of benzene rings is 5. The monoisotopic (exact) mass is 854 g/mol. The number of hydrogen-bond donors (Lipinski definition) is 0. The summed E-state index contributed by atoms with van der Waals surface area (Å²) in [5.74, 6) is 2.06. The zero-order valence-electron chi connectivity index (χ0n) is 29.2. The Morgan fingerprint density at radius 2 is 1.40 bits per heavy atom. The first-order chi connectivity index (χ1) is 24.8. The van der Waals surface area contributed by atoms with Gasteiger partial charge in [0, 0.05) is 51.6 Å². The average molecular weight is 855 g/mol. The molecule has 10 rings (SSSR count). The normalized spacial score (nSPS) is 15.3. The summed E-state index contributed by atoms with van der Waals surface area (Å²) in [4.78, 5) is 14.5. The fourth-order valence-electron chi connectivity index (χ4n) is 8.21. The maximum Gasteiger partial charge on any atom is 2.00 e. The first-order valence-electron chi connectivity index (χ1n) is 17.5. The molecule has 5 aromatic carbocycles. The fourth-order valence-corrected chi connectivity index (χ4v) is 8.21. The second-order valence-electron chi connectivity index (χ2n) is 14.6. The van der Waals surface area contributed by atoms with Gasteiger partial charge in [0.05, 0.1) is 11.3 Å². The molecular weight excluding hydrogens is 820 g/mol. The minimum Gasteiger partial charge on any atom is -0.503 e. The van der Waals surface area contributed by atoms with Gasteiger partial charge in [-0.2, -0.15) is 6.07 Å². The topological polar surface area (TPSA) is 45.9 Å². The summed E-state index contributed by atoms with van der Waals surface area (Å²) >= 11 is 0. The smallest absolute Gasteiger partial charge is 0.503 e. The zero-order chi connectivity index (χ0) is 34.5. The Morgan fingerprint density at radius 3 is 2.21 bits per heavy atom. The molecule has 0 fully saturated rings. The van der Waals surface area contributed by atoms with Gasteiger partial charge in [-0.25, -0.2) is 4.98 Å². The summed E-state index contributed by atoms with van der Waals surface area (Å²) in [6, 6.07) is 49.2. The van der Waals surface area contributed by atoms with Gasteiger partial charge in [0.2, 0.25) is 0 Å². The molecule has 6 nitrogen and oxygen atoms in total. The Balaban J connectivity index is 0.00000360. The van der Waals surface area contributed by atoms with Gasteiger partial charge in [-0.05, 0) is 40.7 Å². The molecule has 3 aromatic heterocycles. The first kappa shape index (κ1) is 32.5. The van der Waals surface area contributed by atoms with Crippen LogP contribution in [0.2, 0.25) is 0 Å². The summed E-state index contributed by atoms with van der Waals surface area (Å²) in [7, 11) is 0. The van der Waals surface area contributed by atoms with Gasteiger partial charge >= 0.3 is 28.0 Å². The van der Waals surface area contributed by atoms with E-state index in [-0.39, 0.29) is 38.9 Å². The van der Waals surface area contributed by atoms with Crippen molar-refractivity contribution in [2.24, 2.45) is 0 Å². The van der Waals surface area contributed by atoms with Gasteiger partial charge in [0.25, 0.3) is 0 Å². The third-order valence-corrected chi connectivity index (χ3v) is 11.4. The molecule has 8 heteroatoms. The van der Waals surface area contributed by atoms with Gasteiger partial charge in [-0.15, -0.1) is 30.3 Å². The first-order valence-corrected chi connectivity index (χ1v) is 17.5. The Labute approximate surface area is 318 Å². The molecule has 0 N–H and O–H groups in total. The third-order valence-electron chi connectivity index (χ3n) is 11.4.